The molecule has 0 aliphatic rings. The first-order valence-electron chi connectivity index (χ1n) is 4.91. The van der Waals surface area contributed by atoms with E-state index in [1.807, 2.05) is 25.1 Å². The normalized spacial score (nSPS) is 12.2. The van der Waals surface area contributed by atoms with Crippen molar-refractivity contribution in [1.29, 1.82) is 0 Å². The van der Waals surface area contributed by atoms with Crippen LogP contribution in [0, 0.1) is 0 Å². The van der Waals surface area contributed by atoms with Crippen molar-refractivity contribution < 1.29 is 4.79 Å². The lowest BCUT2D eigenvalue weighted by Gasteiger charge is -2.10. The average molecular weight is 227 g/mol. The molecule has 1 rings (SSSR count). The maximum Gasteiger partial charge on any atom is 0.237 e. The molecule has 82 valence electrons. The summed E-state index contributed by atoms with van der Waals surface area (Å²) in [5.74, 6) is -0.141. The third kappa shape index (κ3) is 3.53. The predicted molar refractivity (Wildman–Crippen MR) is 61.6 cm³/mol. The van der Waals surface area contributed by atoms with Gasteiger partial charge in [0.25, 0.3) is 0 Å². The molecule has 0 unspecified atom stereocenters. The van der Waals surface area contributed by atoms with Gasteiger partial charge < -0.3 is 11.1 Å². The fraction of sp³-hybridized carbons (Fsp3) is 0.364. The van der Waals surface area contributed by atoms with Gasteiger partial charge in [0, 0.05) is 11.6 Å². The van der Waals surface area contributed by atoms with Crippen LogP contribution in [0.15, 0.2) is 24.3 Å². The molecule has 1 aromatic carbocycles. The van der Waals surface area contributed by atoms with Gasteiger partial charge in [0.05, 0.1) is 6.04 Å². The van der Waals surface area contributed by atoms with Crippen molar-refractivity contribution in [2.45, 2.75) is 25.9 Å². The van der Waals surface area contributed by atoms with E-state index in [4.69, 9.17) is 17.3 Å². The summed E-state index contributed by atoms with van der Waals surface area (Å²) in [6.45, 7) is 2.30. The molecule has 0 fully saturated rings. The van der Waals surface area contributed by atoms with E-state index in [-0.39, 0.29) is 5.91 Å². The lowest BCUT2D eigenvalue weighted by molar-refractivity contribution is -0.122. The second-order valence-electron chi connectivity index (χ2n) is 3.32. The first kappa shape index (κ1) is 12.0. The van der Waals surface area contributed by atoms with Crippen LogP contribution in [0.3, 0.4) is 0 Å². The number of benzene rings is 1. The third-order valence-corrected chi connectivity index (χ3v) is 2.56. The zero-order valence-electron chi connectivity index (χ0n) is 8.66. The van der Waals surface area contributed by atoms with Crippen molar-refractivity contribution in [2.24, 2.45) is 5.73 Å². The van der Waals surface area contributed by atoms with Gasteiger partial charge in [0.2, 0.25) is 5.91 Å². The van der Waals surface area contributed by atoms with E-state index in [9.17, 15) is 4.79 Å². The number of nitrogens with two attached hydrogens (primary N) is 1. The lowest BCUT2D eigenvalue weighted by Crippen LogP contribution is -2.39. The summed E-state index contributed by atoms with van der Waals surface area (Å²) in [5.41, 5.74) is 6.47. The van der Waals surface area contributed by atoms with Gasteiger partial charge in [-0.25, -0.2) is 0 Å². The van der Waals surface area contributed by atoms with Crippen molar-refractivity contribution in [3.8, 4) is 0 Å². The van der Waals surface area contributed by atoms with Crippen LogP contribution >= 0.6 is 11.6 Å². The van der Waals surface area contributed by atoms with E-state index in [0.717, 1.165) is 5.56 Å². The van der Waals surface area contributed by atoms with Crippen molar-refractivity contribution >= 4 is 17.5 Å². The second kappa shape index (κ2) is 5.73. The summed E-state index contributed by atoms with van der Waals surface area (Å²) in [4.78, 5) is 11.4. The number of hydrogen-bond donors (Lipinski definition) is 2. The molecule has 0 spiro atoms. The highest BCUT2D eigenvalue weighted by atomic mass is 35.5. The van der Waals surface area contributed by atoms with Crippen molar-refractivity contribution in [1.82, 2.24) is 5.32 Å². The molecule has 0 aromatic heterocycles. The maximum atomic E-state index is 11.4. The summed E-state index contributed by atoms with van der Waals surface area (Å²) in [6.07, 6.45) is 0.633. The zero-order chi connectivity index (χ0) is 11.3. The molecule has 3 nitrogen and oxygen atoms in total. The Kier molecular flexibility index (Phi) is 4.59. The standard InChI is InChI=1S/C11H15ClN2O/c1-2-10(13)11(15)14-7-8-5-3-4-6-9(8)12/h3-6,10H,2,7,13H2,1H3,(H,14,15)/t10-/m1/s1. The number of carbonyl (C=O) groups is 1. The molecule has 4 heteroatoms. The van der Waals surface area contributed by atoms with Crippen LogP contribution in [0.2, 0.25) is 5.02 Å². The highest BCUT2D eigenvalue weighted by molar-refractivity contribution is 6.31. The molecule has 1 aromatic rings. The Balaban J connectivity index is 2.51. The number of hydrogen-bond acceptors (Lipinski definition) is 2. The Morgan fingerprint density at radius 2 is 2.20 bits per heavy atom. The SMILES string of the molecule is CC[C@@H](N)C(=O)NCc1ccccc1Cl. The quantitative estimate of drug-likeness (QED) is 0.821. The molecule has 0 heterocycles. The van der Waals surface area contributed by atoms with Crippen LogP contribution < -0.4 is 11.1 Å². The van der Waals surface area contributed by atoms with Gasteiger partial charge in [-0.2, -0.15) is 0 Å². The van der Waals surface area contributed by atoms with E-state index < -0.39 is 6.04 Å². The fourth-order valence-corrected chi connectivity index (χ4v) is 1.34. The third-order valence-electron chi connectivity index (χ3n) is 2.19. The Morgan fingerprint density at radius 1 is 1.53 bits per heavy atom. The minimum atomic E-state index is -0.438. The molecule has 0 saturated carbocycles. The lowest BCUT2D eigenvalue weighted by atomic mass is 10.2. The van der Waals surface area contributed by atoms with E-state index in [2.05, 4.69) is 5.32 Å². The summed E-state index contributed by atoms with van der Waals surface area (Å²) in [7, 11) is 0. The van der Waals surface area contributed by atoms with Crippen LogP contribution in [0.4, 0.5) is 0 Å². The predicted octanol–water partition coefficient (Wildman–Crippen LogP) is 1.69. The van der Waals surface area contributed by atoms with Gasteiger partial charge in [-0.3, -0.25) is 4.79 Å². The minimum Gasteiger partial charge on any atom is -0.351 e. The van der Waals surface area contributed by atoms with E-state index in [0.29, 0.717) is 18.0 Å². The molecule has 0 aliphatic carbocycles. The molecule has 0 aliphatic heterocycles. The molecule has 1 amide bonds. The van der Waals surface area contributed by atoms with Gasteiger partial charge in [0.1, 0.15) is 0 Å². The van der Waals surface area contributed by atoms with Crippen LogP contribution in [0.25, 0.3) is 0 Å². The van der Waals surface area contributed by atoms with Crippen LogP contribution in [-0.2, 0) is 11.3 Å². The Bertz CT molecular complexity index is 341. The topological polar surface area (TPSA) is 55.1 Å². The summed E-state index contributed by atoms with van der Waals surface area (Å²) < 4.78 is 0. The van der Waals surface area contributed by atoms with Crippen LogP contribution in [0.1, 0.15) is 18.9 Å². The largest absolute Gasteiger partial charge is 0.351 e. The van der Waals surface area contributed by atoms with E-state index >= 15 is 0 Å². The molecule has 1 atom stereocenters. The molecule has 0 saturated heterocycles. The zero-order valence-corrected chi connectivity index (χ0v) is 9.42. The van der Waals surface area contributed by atoms with Gasteiger partial charge >= 0.3 is 0 Å². The number of halogens is 1. The maximum absolute atomic E-state index is 11.4. The first-order chi connectivity index (χ1) is 7.15. The molecule has 0 bridgehead atoms. The van der Waals surface area contributed by atoms with Crippen molar-refractivity contribution in [3.05, 3.63) is 34.9 Å². The van der Waals surface area contributed by atoms with Gasteiger partial charge in [0.15, 0.2) is 0 Å². The summed E-state index contributed by atoms with van der Waals surface area (Å²) in [6, 6.07) is 6.97. The monoisotopic (exact) mass is 226 g/mol. The minimum absolute atomic E-state index is 0.141. The van der Waals surface area contributed by atoms with Gasteiger partial charge in [-0.05, 0) is 18.1 Å². The molecule has 15 heavy (non-hydrogen) atoms. The molecule has 0 radical (unpaired) electrons. The average Bonchev–Trinajstić information content (AvgIpc) is 2.26. The highest BCUT2D eigenvalue weighted by Crippen LogP contribution is 2.14. The second-order valence-corrected chi connectivity index (χ2v) is 3.73. The number of nitrogens with one attached hydrogen (secondary N) is 1. The molecular weight excluding hydrogens is 212 g/mol. The Morgan fingerprint density at radius 3 is 2.80 bits per heavy atom. The summed E-state index contributed by atoms with van der Waals surface area (Å²) in [5, 5.41) is 3.40. The number of amides is 1. The first-order valence-corrected chi connectivity index (χ1v) is 5.29. The van der Waals surface area contributed by atoms with Crippen LogP contribution in [-0.4, -0.2) is 11.9 Å². The smallest absolute Gasteiger partial charge is 0.237 e. The van der Waals surface area contributed by atoms with Crippen LogP contribution in [0.5, 0.6) is 0 Å². The number of rotatable bonds is 4. The van der Waals surface area contributed by atoms with Crippen molar-refractivity contribution in [3.63, 3.8) is 0 Å². The Hall–Kier alpha value is -1.06. The van der Waals surface area contributed by atoms with Gasteiger partial charge in [-0.15, -0.1) is 0 Å². The molecular formula is C11H15ClN2O. The van der Waals surface area contributed by atoms with Crippen molar-refractivity contribution in [2.75, 3.05) is 0 Å². The molecule has 3 N–H and O–H groups in total. The Labute approximate surface area is 94.6 Å². The van der Waals surface area contributed by atoms with Gasteiger partial charge in [-0.1, -0.05) is 36.7 Å². The van der Waals surface area contributed by atoms with E-state index in [1.54, 1.807) is 6.07 Å². The number of carbonyl (C=O) groups excluding carboxylic acids is 1. The fourth-order valence-electron chi connectivity index (χ4n) is 1.14. The van der Waals surface area contributed by atoms with E-state index in [1.165, 1.54) is 0 Å². The summed E-state index contributed by atoms with van der Waals surface area (Å²) >= 11 is 5.94. The highest BCUT2D eigenvalue weighted by Gasteiger charge is 2.10.